The van der Waals surface area contributed by atoms with Crippen LogP contribution in [0, 0.1) is 19.8 Å². The first-order valence-electron chi connectivity index (χ1n) is 8.83. The molecule has 2 amide bonds. The number of aryl methyl sites for hydroxylation is 2. The molecule has 3 rings (SSSR count). The first-order chi connectivity index (χ1) is 11.5. The summed E-state index contributed by atoms with van der Waals surface area (Å²) in [6.07, 6.45) is 3.33. The van der Waals surface area contributed by atoms with Crippen molar-refractivity contribution in [3.8, 4) is 0 Å². The molecule has 0 aromatic heterocycles. The molecule has 1 saturated carbocycles. The molecule has 2 fully saturated rings. The van der Waals surface area contributed by atoms with Crippen molar-refractivity contribution >= 4 is 17.5 Å². The Kier molecular flexibility index (Phi) is 4.90. The van der Waals surface area contributed by atoms with E-state index in [1.807, 2.05) is 32.0 Å². The average Bonchev–Trinajstić information content (AvgIpc) is 2.94. The fourth-order valence-corrected chi connectivity index (χ4v) is 3.59. The number of nitrogens with zero attached hydrogens (tertiary/aromatic N) is 1. The number of anilines is 1. The molecule has 1 aliphatic carbocycles. The summed E-state index contributed by atoms with van der Waals surface area (Å²) in [5.41, 5.74) is 3.22. The Bertz CT molecular complexity index is 635. The highest BCUT2D eigenvalue weighted by atomic mass is 16.3. The van der Waals surface area contributed by atoms with E-state index in [1.54, 1.807) is 4.90 Å². The molecule has 1 aromatic carbocycles. The smallest absolute Gasteiger partial charge is 0.239 e. The predicted octanol–water partition coefficient (Wildman–Crippen LogP) is 2.08. The molecule has 5 nitrogen and oxygen atoms in total. The van der Waals surface area contributed by atoms with Crippen molar-refractivity contribution < 1.29 is 14.7 Å². The quantitative estimate of drug-likeness (QED) is 0.834. The molecule has 5 heteroatoms. The maximum atomic E-state index is 12.7. The maximum absolute atomic E-state index is 12.7. The van der Waals surface area contributed by atoms with Crippen LogP contribution in [-0.2, 0) is 9.59 Å². The highest BCUT2D eigenvalue weighted by Gasteiger charge is 2.38. The van der Waals surface area contributed by atoms with Gasteiger partial charge in [-0.25, -0.2) is 0 Å². The highest BCUT2D eigenvalue weighted by Crippen LogP contribution is 2.27. The zero-order valence-electron chi connectivity index (χ0n) is 14.4. The summed E-state index contributed by atoms with van der Waals surface area (Å²) in [5, 5.41) is 12.6. The van der Waals surface area contributed by atoms with E-state index in [1.165, 1.54) is 5.56 Å². The summed E-state index contributed by atoms with van der Waals surface area (Å²) in [6.45, 7) is 4.66. The Balaban J connectivity index is 1.63. The molecule has 1 saturated heterocycles. The van der Waals surface area contributed by atoms with Gasteiger partial charge in [0.05, 0.1) is 6.10 Å². The van der Waals surface area contributed by atoms with Gasteiger partial charge in [-0.15, -0.1) is 0 Å². The van der Waals surface area contributed by atoms with E-state index >= 15 is 0 Å². The van der Waals surface area contributed by atoms with Gasteiger partial charge >= 0.3 is 0 Å². The normalized spacial score (nSPS) is 27.4. The second-order valence-electron chi connectivity index (χ2n) is 7.11. The molecular weight excluding hydrogens is 304 g/mol. The molecule has 1 aromatic rings. The van der Waals surface area contributed by atoms with E-state index < -0.39 is 5.92 Å². The fraction of sp³-hybridized carbons (Fsp3) is 0.579. The third-order valence-corrected chi connectivity index (χ3v) is 5.37. The molecule has 24 heavy (non-hydrogen) atoms. The fourth-order valence-electron chi connectivity index (χ4n) is 3.59. The van der Waals surface area contributed by atoms with E-state index in [0.717, 1.165) is 36.9 Å². The van der Waals surface area contributed by atoms with E-state index in [0.29, 0.717) is 13.0 Å². The second kappa shape index (κ2) is 6.93. The van der Waals surface area contributed by atoms with Gasteiger partial charge in [-0.3, -0.25) is 9.59 Å². The van der Waals surface area contributed by atoms with Crippen molar-refractivity contribution in [3.05, 3.63) is 29.3 Å². The molecule has 2 N–H and O–H groups in total. The van der Waals surface area contributed by atoms with Crippen molar-refractivity contribution in [1.82, 2.24) is 5.32 Å². The van der Waals surface area contributed by atoms with Gasteiger partial charge in [0.15, 0.2) is 0 Å². The lowest BCUT2D eigenvalue weighted by atomic mass is 9.92. The van der Waals surface area contributed by atoms with Crippen LogP contribution in [0.5, 0.6) is 0 Å². The van der Waals surface area contributed by atoms with Crippen molar-refractivity contribution in [3.63, 3.8) is 0 Å². The van der Waals surface area contributed by atoms with Crippen LogP contribution in [-0.4, -0.2) is 35.6 Å². The molecule has 0 radical (unpaired) electrons. The molecule has 1 unspecified atom stereocenters. The molecule has 130 valence electrons. The summed E-state index contributed by atoms with van der Waals surface area (Å²) >= 11 is 0. The lowest BCUT2D eigenvalue weighted by molar-refractivity contribution is -0.132. The summed E-state index contributed by atoms with van der Waals surface area (Å²) < 4.78 is 0. The van der Waals surface area contributed by atoms with Crippen LogP contribution in [0.3, 0.4) is 0 Å². The number of rotatable bonds is 3. The highest BCUT2D eigenvalue weighted by molar-refractivity contribution is 6.09. The largest absolute Gasteiger partial charge is 0.393 e. The maximum Gasteiger partial charge on any atom is 0.239 e. The number of carbonyl (C=O) groups excluding carboxylic acids is 2. The van der Waals surface area contributed by atoms with Crippen molar-refractivity contribution in [2.75, 3.05) is 11.4 Å². The number of carbonyl (C=O) groups is 2. The first kappa shape index (κ1) is 17.0. The summed E-state index contributed by atoms with van der Waals surface area (Å²) in [5.74, 6) is -0.849. The predicted molar refractivity (Wildman–Crippen MR) is 92.8 cm³/mol. The number of amides is 2. The van der Waals surface area contributed by atoms with Crippen LogP contribution in [0.15, 0.2) is 18.2 Å². The lowest BCUT2D eigenvalue weighted by Gasteiger charge is -2.27. The third kappa shape index (κ3) is 3.46. The van der Waals surface area contributed by atoms with Crippen molar-refractivity contribution in [1.29, 1.82) is 0 Å². The van der Waals surface area contributed by atoms with Gasteiger partial charge < -0.3 is 15.3 Å². The van der Waals surface area contributed by atoms with Crippen LogP contribution >= 0.6 is 0 Å². The van der Waals surface area contributed by atoms with Crippen molar-refractivity contribution in [2.24, 2.45) is 5.92 Å². The van der Waals surface area contributed by atoms with E-state index in [9.17, 15) is 14.7 Å². The number of nitrogens with one attached hydrogen (secondary N) is 1. The third-order valence-electron chi connectivity index (χ3n) is 5.37. The van der Waals surface area contributed by atoms with Gasteiger partial charge in [-0.05, 0) is 69.2 Å². The summed E-state index contributed by atoms with van der Waals surface area (Å²) in [7, 11) is 0. The van der Waals surface area contributed by atoms with Crippen LogP contribution in [0.25, 0.3) is 0 Å². The topological polar surface area (TPSA) is 69.6 Å². The Labute approximate surface area is 143 Å². The molecule has 0 bridgehead atoms. The molecule has 0 spiro atoms. The zero-order chi connectivity index (χ0) is 17.3. The van der Waals surface area contributed by atoms with Gasteiger partial charge in [0, 0.05) is 18.3 Å². The zero-order valence-corrected chi connectivity index (χ0v) is 14.4. The first-order valence-corrected chi connectivity index (χ1v) is 8.83. The van der Waals surface area contributed by atoms with E-state index in [-0.39, 0.29) is 24.0 Å². The van der Waals surface area contributed by atoms with Crippen LogP contribution in [0.1, 0.15) is 43.2 Å². The summed E-state index contributed by atoms with van der Waals surface area (Å²) in [6, 6.07) is 6.06. The van der Waals surface area contributed by atoms with Crippen LogP contribution < -0.4 is 10.2 Å². The molecular formula is C19H26N2O3. The van der Waals surface area contributed by atoms with Gasteiger partial charge in [0.2, 0.25) is 11.8 Å². The van der Waals surface area contributed by atoms with Crippen LogP contribution in [0.2, 0.25) is 0 Å². The van der Waals surface area contributed by atoms with Gasteiger partial charge in [0.25, 0.3) is 0 Å². The Morgan fingerprint density at radius 1 is 1.12 bits per heavy atom. The van der Waals surface area contributed by atoms with Crippen LogP contribution in [0.4, 0.5) is 5.69 Å². The van der Waals surface area contributed by atoms with E-state index in [4.69, 9.17) is 0 Å². The number of aliphatic hydroxyl groups excluding tert-OH is 1. The Morgan fingerprint density at radius 2 is 1.83 bits per heavy atom. The molecule has 2 aliphatic rings. The van der Waals surface area contributed by atoms with Gasteiger partial charge in [0.1, 0.15) is 5.92 Å². The number of aliphatic hydroxyl groups is 1. The monoisotopic (exact) mass is 330 g/mol. The minimum Gasteiger partial charge on any atom is -0.393 e. The SMILES string of the molecule is Cc1ccc(N2CCC(C(=O)NC3CCC(O)CC3)C2=O)cc1C. The molecule has 1 atom stereocenters. The van der Waals surface area contributed by atoms with Gasteiger partial charge in [-0.2, -0.15) is 0 Å². The minimum absolute atomic E-state index is 0.0874. The second-order valence-corrected chi connectivity index (χ2v) is 7.11. The Morgan fingerprint density at radius 3 is 2.50 bits per heavy atom. The molecule has 1 aliphatic heterocycles. The van der Waals surface area contributed by atoms with Gasteiger partial charge in [-0.1, -0.05) is 6.07 Å². The minimum atomic E-state index is -0.585. The van der Waals surface area contributed by atoms with E-state index in [2.05, 4.69) is 5.32 Å². The molecule has 1 heterocycles. The number of hydrogen-bond donors (Lipinski definition) is 2. The lowest BCUT2D eigenvalue weighted by Crippen LogP contribution is -2.43. The Hall–Kier alpha value is -1.88. The van der Waals surface area contributed by atoms with Crippen molar-refractivity contribution in [2.45, 2.75) is 58.1 Å². The average molecular weight is 330 g/mol. The summed E-state index contributed by atoms with van der Waals surface area (Å²) in [4.78, 5) is 26.9. The standard InChI is InChI=1S/C19H26N2O3/c1-12-3-6-15(11-13(12)2)21-10-9-17(19(21)24)18(23)20-14-4-7-16(22)8-5-14/h3,6,11,14,16-17,22H,4-5,7-10H2,1-2H3,(H,20,23). The number of benzene rings is 1. The number of hydrogen-bond acceptors (Lipinski definition) is 3.